The fourth-order valence-corrected chi connectivity index (χ4v) is 21.3. The lowest BCUT2D eigenvalue weighted by molar-refractivity contribution is -0.291. The number of ketones is 3. The molecule has 16 atom stereocenters. The zero-order chi connectivity index (χ0) is 243. The molecule has 10 unspecified atom stereocenters. The molecule has 0 radical (unpaired) electrons. The zero-order valence-electron chi connectivity index (χ0n) is 223. The SMILES string of the molecule is CC(=O)CCCc1ccc(SC2OC(C)(C)C(C)C(O)C2O)cc1-c1cccc(F)c1.CC(=O)CCCc1ccc(SC2OC(C)(C)[C@H](C)[C@@H](OC(=O)c3ccccc3)[C@H]2OC(=O)c2ccccc2)cc1-c1cccc(F)c1.COC1C(O)C(O)C(Sc2ccc(CCCC(C)=O)c(-c3cccc(F)c3)c2)OC1(C)C.C[C@@H]1[C@@H](OC(=O)c2ccccc2)[C@@H](OC(=O)c2ccccc2)C(OC(=O)c2ccccc2)OC1(C)C.[3HH].[3H][3H].[3H][3H].[3H][3H].[3H][3H].[3H][3H].[3H][3H].[3H][3H].[3H][3H].[3H][3H].[3H][3H].[3H][3H].[3H][3H].[3H][3H].[3H][3H].[3H][3H].[3H][3H].[3H][3H].[3H][3H].[3H][3H].[3H][3H].[3H][3H].[3H][3H].[3H][3H].[3H][3H].[3H][3H].[3H][3H].[3H][3H].[3H][3H].[3H][3H].[3H][3H].[3H][3H].[3H][3H].[3H][3H].[3H][3H].[3H][3H].[3H][3H].[3H][3H].[3H][3H].[3H][3H].[3H][3H].[3H][3H].[3H][3H].[3H][3H].[3H][3H].[3H][3H].[3H][3H].[3H][3H].[3H][3H].[3H][3H].[3H][3H].[3H][3H].[3H][3H].[3H][3H].[3H][3H].[3H][3H].[3H][3H].[3H][3H].[3H][3H].[3H][3H].[3H][3H].[3H][3H].[3H][3H].[3H][3H].[3H][3H].[3H][3H].[3H][3H].[3H][3H].[3H][3H].[3H][3H]. The summed E-state index contributed by atoms with van der Waals surface area (Å²) < 4.78 is 792. The first-order chi connectivity index (χ1) is 138. The van der Waals surface area contributed by atoms with Crippen LogP contribution >= 0.6 is 35.3 Å². The fraction of sp³-hybridized carbons (Fsp3) is 0.373. The van der Waals surface area contributed by atoms with Gasteiger partial charge in [-0.3, -0.25) is 0 Å². The van der Waals surface area contributed by atoms with Crippen LogP contribution in [0.2, 0.25) is 0 Å². The average Bonchev–Trinajstić information content (AvgIpc) is 0.764. The molecule has 4 saturated heterocycles. The molecule has 146 heavy (non-hydrogen) atoms. The van der Waals surface area contributed by atoms with Crippen molar-refractivity contribution in [3.8, 4) is 33.4 Å². The summed E-state index contributed by atoms with van der Waals surface area (Å²) in [5, 5.41) is 42.2. The summed E-state index contributed by atoms with van der Waals surface area (Å²) in [6.45, 7) is 25.3. The van der Waals surface area contributed by atoms with Crippen LogP contribution in [0.15, 0.2) is 294 Å². The molecule has 22 nitrogen and oxygen atoms in total. The minimum atomic E-state index is -1.31. The molecule has 28 heteroatoms. The predicted molar refractivity (Wildman–Crippen MR) is 704 cm³/mol. The molecule has 912 valence electrons. The Hall–Kier alpha value is -11.7. The number of esters is 5. The second-order valence-corrected chi connectivity index (χ2v) is 42.6. The van der Waals surface area contributed by atoms with Gasteiger partial charge in [0.25, 0.3) is 0 Å². The van der Waals surface area contributed by atoms with Gasteiger partial charge in [-0.1, -0.05) is 202 Å². The normalized spacial score (nSPS) is 26.8. The van der Waals surface area contributed by atoms with Gasteiger partial charge < -0.3 is 82.2 Å². The van der Waals surface area contributed by atoms with E-state index in [4.69, 9.17) is 252 Å². The lowest BCUT2D eigenvalue weighted by Crippen LogP contribution is -2.61. The van der Waals surface area contributed by atoms with E-state index in [0.29, 0.717) is 84.7 Å². The van der Waals surface area contributed by atoms with Crippen molar-refractivity contribution < 1.29 is 326 Å². The molecule has 4 N–H and O–H groups in total. The monoisotopic (exact) mass is 2470 g/mol. The first-order valence-corrected chi connectivity index (χ1v) is 51.5. The van der Waals surface area contributed by atoms with Crippen LogP contribution < -0.4 is 0 Å². The molecule has 11 aromatic rings. The van der Waals surface area contributed by atoms with Gasteiger partial charge in [0, 0.05) is 265 Å². The predicted octanol–water partition coefficient (Wildman–Crippen LogP) is 40.4. The molecular formula is C118H269F3O22S3. The third kappa shape index (κ3) is 30.5. The van der Waals surface area contributed by atoms with E-state index in [9.17, 15) is 72.0 Å². The molecule has 0 amide bonds. The molecule has 4 aliphatic rings. The summed E-state index contributed by atoms with van der Waals surface area (Å²) in [6.07, 6.45) is -4.40. The van der Waals surface area contributed by atoms with E-state index < -0.39 is 136 Å². The number of carbonyl (C=O) groups excluding carboxylic acids is 8. The number of carbonyl (C=O) groups is 8. The third-order valence-corrected chi connectivity index (χ3v) is 30.1. The first-order valence-electron chi connectivity index (χ1n) is 118. The van der Waals surface area contributed by atoms with Gasteiger partial charge in [0.1, 0.15) is 81.6 Å². The Morgan fingerprint density at radius 3 is 0.932 bits per heavy atom. The molecule has 0 aromatic heterocycles. The van der Waals surface area contributed by atoms with Crippen molar-refractivity contribution >= 4 is 82.5 Å². The average molecular weight is 2470 g/mol. The number of methoxy groups -OCH3 is 1. The van der Waals surface area contributed by atoms with Crippen molar-refractivity contribution in [3.05, 3.63) is 341 Å². The number of aryl methyl sites for hydroxylation is 3. The standard InChI is InChI=1S/C39H39FO6S.C29H28O7.C25H31FO5S.C25H31FO4S.70H2/c1-25(41)13-11-18-27-21-22-32(24-33(27)30-19-12-20-31(40)23-30)47-38-35(45-37(43)29-16-9-6-10-17-29)34(26(2)39(3,4)46-38)44-36(42)28-14-7-5-8-15-28;1-19-23(33-25(30)20-13-7-4-8-14-20)24(34-26(31)21-15-9-5-10-16-21)28(36-29(19,2)3)35-27(32)22-17-11-6-12-18-22;1-15(27)7-5-8-16-11-12-19(14-20(16)17-9-6-10-18(26)13-17)32-24-22(29)21(28)23(30-4)25(2,3)31-24;1-15(27)7-5-8-17-11-12-20(14-21(17)18-9-6-10-19(26)13-18)31-24-23(29)22(28)16(2)25(3,4)30-24;;;;;;;;;;;;;;;;;;;;;;;;;;;;;;;;;;;;;;;;;;;;;;;;;;;;;;;;;;;;;;;;;;;;;;/h5-10,12,14-17,19-24,26,34-35,38H,11,13,18H2,1-4H3;4-19,23-24,28H,1-3H3;6,9-14,21-24,28-29H,5,7-8H2,1-4H3;6,9-14,16,22-24,28-29H,5,7-8H2,1-4H3;70*1H/t26-,34-,35-,38?;19-,23-,24-,28?;;;;;;;;;;;;;;;;;;;;;;;;;;;;;;;;;;;;;;;;;;;;;;;;;;;;;;;;;;;;;;;;;;;;;;;;/m11......................................................................../s1/i;;;;69*1+2T;1+2. The van der Waals surface area contributed by atoms with Gasteiger partial charge in [-0.15, -0.1) is 0 Å². The summed E-state index contributed by atoms with van der Waals surface area (Å²) in [5.41, 5.74) is 4.51. The van der Waals surface area contributed by atoms with E-state index in [1.807, 2.05) is 147 Å². The van der Waals surface area contributed by atoms with E-state index in [1.54, 1.807) is 192 Å². The summed E-state index contributed by atoms with van der Waals surface area (Å²) in [5.74, 6) is -4.49. The number of thioether (sulfide) groups is 3. The van der Waals surface area contributed by atoms with Gasteiger partial charge >= 0.3 is 29.8 Å². The van der Waals surface area contributed by atoms with Crippen LogP contribution in [0.5, 0.6) is 0 Å². The van der Waals surface area contributed by atoms with Crippen molar-refractivity contribution in [1.29, 1.82) is 0 Å². The smallest absolute Gasteiger partial charge is 0.340 e. The number of benzene rings is 11. The van der Waals surface area contributed by atoms with Crippen LogP contribution in [0.4, 0.5) is 13.2 Å². The highest BCUT2D eigenvalue weighted by Gasteiger charge is 2.56. The minimum Gasteiger partial charge on any atom is -0.454 e. The van der Waals surface area contributed by atoms with Crippen molar-refractivity contribution in [3.63, 3.8) is 0 Å². The quantitative estimate of drug-likeness (QED) is 0.0225. The number of hydrogen-bond acceptors (Lipinski definition) is 25. The Balaban J connectivity index is -0.0000000349. The van der Waals surface area contributed by atoms with E-state index >= 15 is 0 Å². The Morgan fingerprint density at radius 2 is 0.603 bits per heavy atom. The van der Waals surface area contributed by atoms with Crippen molar-refractivity contribution in [2.75, 3.05) is 7.11 Å². The van der Waals surface area contributed by atoms with Crippen LogP contribution in [-0.2, 0) is 81.0 Å². The second kappa shape index (κ2) is 51.7. The van der Waals surface area contributed by atoms with Crippen LogP contribution in [0, 0.1) is 35.2 Å². The van der Waals surface area contributed by atoms with E-state index in [2.05, 4.69) is 0 Å². The summed E-state index contributed by atoms with van der Waals surface area (Å²) >= 11 is 4.01. The van der Waals surface area contributed by atoms with Crippen molar-refractivity contribution in [2.45, 2.75) is 269 Å². The topological polar surface area (TPSA) is 310 Å². The molecule has 0 bridgehead atoms. The lowest BCUT2D eigenvalue weighted by atomic mass is 9.82. The Labute approximate surface area is 1080 Å². The number of halogens is 3. The highest BCUT2D eigenvalue weighted by atomic mass is 32.2. The molecule has 11 aromatic carbocycles. The van der Waals surface area contributed by atoms with Gasteiger partial charge in [-0.25, -0.2) is 37.1 Å². The maximum atomic E-state index is 14.4. The molecule has 0 aliphatic carbocycles. The number of aliphatic hydroxyl groups excluding tert-OH is 4. The van der Waals surface area contributed by atoms with E-state index in [-0.39, 0.29) is 48.1 Å². The van der Waals surface area contributed by atoms with Crippen LogP contribution in [-0.4, -0.2) is 175 Å². The number of hydrogen-bond donors (Lipinski definition) is 4. The largest absolute Gasteiger partial charge is 0.454 e. The highest BCUT2D eigenvalue weighted by molar-refractivity contribution is 8.00. The van der Waals surface area contributed by atoms with Gasteiger partial charge in [0.05, 0.1) is 56.3 Å². The molecule has 4 fully saturated rings. The minimum absolute atomic E-state index is 0. The van der Waals surface area contributed by atoms with Crippen LogP contribution in [0.25, 0.3) is 33.4 Å². The zero-order valence-corrected chi connectivity index (χ0v) is 87.1. The van der Waals surface area contributed by atoms with E-state index in [1.165, 1.54) is 78.8 Å². The molecule has 15 rings (SSSR count). The van der Waals surface area contributed by atoms with Gasteiger partial charge in [0.15, 0.2) is 12.2 Å². The number of Topliss-reactive ketones (excluding diaryl/α,β-unsaturated/α-hetero) is 3. The molecular weight excluding hydrogens is 1920 g/mol. The number of ether oxygens (including phenoxy) is 10. The van der Waals surface area contributed by atoms with Gasteiger partial charge in [-0.05, 0) is 298 Å². The highest BCUT2D eigenvalue weighted by Crippen LogP contribution is 2.48. The fourth-order valence-electron chi connectivity index (χ4n) is 17.6. The second-order valence-electron chi connectivity index (χ2n) is 39.1. The summed E-state index contributed by atoms with van der Waals surface area (Å²) in [6, 6.07) is 79.6. The number of rotatable bonds is 32. The maximum Gasteiger partial charge on any atom is 0.340 e. The Bertz CT molecular complexity index is 6540. The number of aliphatic hydroxyl groups is 4. The first kappa shape index (κ1) is 51.9. The van der Waals surface area contributed by atoms with Crippen LogP contribution in [0.1, 0.15) is 410 Å². The van der Waals surface area contributed by atoms with Crippen molar-refractivity contribution in [1.82, 2.24) is 0 Å². The van der Waals surface area contributed by atoms with Gasteiger partial charge in [0.2, 0.25) is 12.4 Å². The molecule has 0 saturated carbocycles. The Kier molecular flexibility index (Phi) is 18.4. The third-order valence-electron chi connectivity index (χ3n) is 26.7. The molecule has 0 spiro atoms. The Morgan fingerprint density at radius 1 is 0.322 bits per heavy atom. The lowest BCUT2D eigenvalue weighted by Gasteiger charge is -2.48. The van der Waals surface area contributed by atoms with Crippen molar-refractivity contribution in [2.24, 2.45) is 17.8 Å². The maximum absolute atomic E-state index is 14.4. The molecule has 4 aliphatic heterocycles. The summed E-state index contributed by atoms with van der Waals surface area (Å²) in [7, 11) is 1.48. The van der Waals surface area contributed by atoms with Gasteiger partial charge in [-0.2, -0.15) is 0 Å². The van der Waals surface area contributed by atoms with E-state index in [0.717, 1.165) is 65.6 Å². The van der Waals surface area contributed by atoms with Crippen LogP contribution in [0.3, 0.4) is 0 Å². The molecule has 4 heterocycles. The summed E-state index contributed by atoms with van der Waals surface area (Å²) in [4.78, 5) is 103.